The smallest absolute Gasteiger partial charge is 0.309 e. The van der Waals surface area contributed by atoms with Gasteiger partial charge in [0.15, 0.2) is 5.78 Å². The molecule has 4 heteroatoms. The molecule has 0 N–H and O–H groups in total. The lowest BCUT2D eigenvalue weighted by Gasteiger charge is -2.18. The van der Waals surface area contributed by atoms with Crippen molar-refractivity contribution in [2.24, 2.45) is 5.92 Å². The zero-order valence-electron chi connectivity index (χ0n) is 16.1. The third kappa shape index (κ3) is 4.64. The van der Waals surface area contributed by atoms with Crippen molar-refractivity contribution in [1.82, 2.24) is 4.90 Å². The summed E-state index contributed by atoms with van der Waals surface area (Å²) in [6.45, 7) is 7.34. The third-order valence-electron chi connectivity index (χ3n) is 5.32. The molecule has 0 aliphatic heterocycles. The predicted octanol–water partition coefficient (Wildman–Crippen LogP) is 3.52. The van der Waals surface area contributed by atoms with E-state index in [4.69, 9.17) is 4.74 Å². The van der Waals surface area contributed by atoms with Gasteiger partial charge in [-0.05, 0) is 43.1 Å². The standard InChI is InChI=1S/C23H27NO3/c1-3-24(4-2)12-13-27-23(26)21-14-18-10-11-19(15-20(18)16-21)22(25)17-8-6-5-7-9-17/h5-11,15,21H,3-4,12-14,16H2,1-2H3. The van der Waals surface area contributed by atoms with Gasteiger partial charge in [-0.3, -0.25) is 9.59 Å². The van der Waals surface area contributed by atoms with Gasteiger partial charge < -0.3 is 9.64 Å². The molecule has 0 amide bonds. The summed E-state index contributed by atoms with van der Waals surface area (Å²) in [7, 11) is 0. The zero-order chi connectivity index (χ0) is 19.2. The van der Waals surface area contributed by atoms with Gasteiger partial charge in [-0.1, -0.05) is 56.3 Å². The number of ketones is 1. The van der Waals surface area contributed by atoms with Crippen LogP contribution in [0.15, 0.2) is 48.5 Å². The molecule has 0 heterocycles. The van der Waals surface area contributed by atoms with Gasteiger partial charge in [0.1, 0.15) is 6.61 Å². The van der Waals surface area contributed by atoms with Crippen LogP contribution in [0.5, 0.6) is 0 Å². The highest BCUT2D eigenvalue weighted by Crippen LogP contribution is 2.29. The predicted molar refractivity (Wildman–Crippen MR) is 106 cm³/mol. The molecular weight excluding hydrogens is 338 g/mol. The third-order valence-corrected chi connectivity index (χ3v) is 5.32. The Morgan fingerprint density at radius 1 is 0.963 bits per heavy atom. The van der Waals surface area contributed by atoms with Crippen molar-refractivity contribution in [2.45, 2.75) is 26.7 Å². The number of carbonyl (C=O) groups excluding carboxylic acids is 2. The summed E-state index contributed by atoms with van der Waals surface area (Å²) < 4.78 is 5.49. The monoisotopic (exact) mass is 365 g/mol. The molecule has 1 aliphatic carbocycles. The van der Waals surface area contributed by atoms with E-state index in [-0.39, 0.29) is 17.7 Å². The van der Waals surface area contributed by atoms with Crippen LogP contribution in [0.2, 0.25) is 0 Å². The summed E-state index contributed by atoms with van der Waals surface area (Å²) in [6, 6.07) is 15.1. The maximum absolute atomic E-state index is 12.6. The Labute approximate surface area is 161 Å². The number of esters is 1. The Balaban J connectivity index is 1.60. The maximum Gasteiger partial charge on any atom is 0.309 e. The number of ether oxygens (including phenoxy) is 1. The fourth-order valence-corrected chi connectivity index (χ4v) is 3.62. The van der Waals surface area contributed by atoms with Crippen LogP contribution in [0.1, 0.15) is 40.9 Å². The van der Waals surface area contributed by atoms with Gasteiger partial charge in [0.25, 0.3) is 0 Å². The molecule has 4 nitrogen and oxygen atoms in total. The molecule has 1 atom stereocenters. The Bertz CT molecular complexity index is 797. The minimum absolute atomic E-state index is 0.0173. The van der Waals surface area contributed by atoms with E-state index in [0.29, 0.717) is 30.6 Å². The van der Waals surface area contributed by atoms with Crippen LogP contribution in [-0.2, 0) is 22.4 Å². The van der Waals surface area contributed by atoms with Crippen molar-refractivity contribution in [3.8, 4) is 0 Å². The molecule has 1 aliphatic rings. The van der Waals surface area contributed by atoms with Crippen molar-refractivity contribution in [2.75, 3.05) is 26.2 Å². The van der Waals surface area contributed by atoms with Crippen molar-refractivity contribution < 1.29 is 14.3 Å². The number of carbonyl (C=O) groups is 2. The summed E-state index contributed by atoms with van der Waals surface area (Å²) in [4.78, 5) is 27.3. The topological polar surface area (TPSA) is 46.6 Å². The van der Waals surface area contributed by atoms with E-state index in [2.05, 4.69) is 18.7 Å². The molecule has 0 fully saturated rings. The number of benzene rings is 2. The minimum atomic E-state index is -0.140. The number of rotatable bonds is 8. The molecule has 0 spiro atoms. The van der Waals surface area contributed by atoms with E-state index in [1.807, 2.05) is 48.5 Å². The van der Waals surface area contributed by atoms with E-state index in [1.54, 1.807) is 0 Å². The van der Waals surface area contributed by atoms with E-state index in [1.165, 1.54) is 0 Å². The van der Waals surface area contributed by atoms with E-state index < -0.39 is 0 Å². The van der Waals surface area contributed by atoms with Gasteiger partial charge in [-0.2, -0.15) is 0 Å². The molecule has 0 aromatic heterocycles. The summed E-state index contributed by atoms with van der Waals surface area (Å²) in [6.07, 6.45) is 1.34. The van der Waals surface area contributed by atoms with Gasteiger partial charge in [0, 0.05) is 17.7 Å². The highest BCUT2D eigenvalue weighted by Gasteiger charge is 2.29. The average Bonchev–Trinajstić information content (AvgIpc) is 3.14. The zero-order valence-corrected chi connectivity index (χ0v) is 16.1. The van der Waals surface area contributed by atoms with Crippen LogP contribution in [0.4, 0.5) is 0 Å². The second kappa shape index (κ2) is 8.96. The Morgan fingerprint density at radius 3 is 2.37 bits per heavy atom. The highest BCUT2D eigenvalue weighted by atomic mass is 16.5. The van der Waals surface area contributed by atoms with Crippen molar-refractivity contribution in [1.29, 1.82) is 0 Å². The van der Waals surface area contributed by atoms with E-state index in [0.717, 1.165) is 30.8 Å². The van der Waals surface area contributed by atoms with Gasteiger partial charge in [-0.25, -0.2) is 0 Å². The van der Waals surface area contributed by atoms with E-state index >= 15 is 0 Å². The first kappa shape index (κ1) is 19.3. The van der Waals surface area contributed by atoms with Gasteiger partial charge in [-0.15, -0.1) is 0 Å². The Kier molecular flexibility index (Phi) is 6.40. The fourth-order valence-electron chi connectivity index (χ4n) is 3.62. The molecule has 0 saturated heterocycles. The number of hydrogen-bond donors (Lipinski definition) is 0. The SMILES string of the molecule is CCN(CC)CCOC(=O)C1Cc2ccc(C(=O)c3ccccc3)cc2C1. The molecule has 2 aromatic rings. The lowest BCUT2D eigenvalue weighted by molar-refractivity contribution is -0.148. The number of likely N-dealkylation sites (N-methyl/N-ethyl adjacent to an activating group) is 1. The molecular formula is C23H27NO3. The van der Waals surface area contributed by atoms with Crippen molar-refractivity contribution in [3.05, 3.63) is 70.8 Å². The molecule has 0 saturated carbocycles. The molecule has 27 heavy (non-hydrogen) atoms. The molecule has 0 radical (unpaired) electrons. The van der Waals surface area contributed by atoms with Crippen molar-refractivity contribution in [3.63, 3.8) is 0 Å². The molecule has 142 valence electrons. The number of fused-ring (bicyclic) bond motifs is 1. The maximum atomic E-state index is 12.6. The summed E-state index contributed by atoms with van der Waals surface area (Å²) in [5, 5.41) is 0. The van der Waals surface area contributed by atoms with Crippen LogP contribution < -0.4 is 0 Å². The minimum Gasteiger partial charge on any atom is -0.464 e. The molecule has 0 bridgehead atoms. The summed E-state index contributed by atoms with van der Waals surface area (Å²) in [5.74, 6) is -0.253. The second-order valence-electron chi connectivity index (χ2n) is 6.98. The first-order valence-electron chi connectivity index (χ1n) is 9.72. The largest absolute Gasteiger partial charge is 0.464 e. The van der Waals surface area contributed by atoms with Crippen LogP contribution in [0, 0.1) is 5.92 Å². The average molecular weight is 365 g/mol. The number of hydrogen-bond acceptors (Lipinski definition) is 4. The van der Waals surface area contributed by atoms with Gasteiger partial charge >= 0.3 is 5.97 Å². The lowest BCUT2D eigenvalue weighted by atomic mass is 9.99. The molecule has 2 aromatic carbocycles. The van der Waals surface area contributed by atoms with Crippen LogP contribution in [-0.4, -0.2) is 42.9 Å². The van der Waals surface area contributed by atoms with E-state index in [9.17, 15) is 9.59 Å². The fraction of sp³-hybridized carbons (Fsp3) is 0.391. The van der Waals surface area contributed by atoms with Gasteiger partial charge in [0.05, 0.1) is 5.92 Å². The van der Waals surface area contributed by atoms with Gasteiger partial charge in [0.2, 0.25) is 0 Å². The van der Waals surface area contributed by atoms with Crippen LogP contribution >= 0.6 is 0 Å². The van der Waals surface area contributed by atoms with Crippen molar-refractivity contribution >= 4 is 11.8 Å². The van der Waals surface area contributed by atoms with Crippen LogP contribution in [0.25, 0.3) is 0 Å². The quantitative estimate of drug-likeness (QED) is 0.530. The Hall–Kier alpha value is -2.46. The molecule has 1 unspecified atom stereocenters. The first-order valence-corrected chi connectivity index (χ1v) is 9.72. The first-order chi connectivity index (χ1) is 13.1. The number of nitrogens with zero attached hydrogens (tertiary/aromatic N) is 1. The second-order valence-corrected chi connectivity index (χ2v) is 6.98. The van der Waals surface area contributed by atoms with Crippen LogP contribution in [0.3, 0.4) is 0 Å². The lowest BCUT2D eigenvalue weighted by Crippen LogP contribution is -2.29. The molecule has 3 rings (SSSR count). The summed E-state index contributed by atoms with van der Waals surface area (Å²) in [5.41, 5.74) is 3.59. The Morgan fingerprint density at radius 2 is 1.67 bits per heavy atom. The highest BCUT2D eigenvalue weighted by molar-refractivity contribution is 6.09. The normalized spacial score (nSPS) is 15.6. The summed E-state index contributed by atoms with van der Waals surface area (Å²) >= 11 is 0.